The van der Waals surface area contributed by atoms with E-state index in [1.807, 2.05) is 12.1 Å². The van der Waals surface area contributed by atoms with E-state index in [1.165, 1.54) is 24.1 Å². The summed E-state index contributed by atoms with van der Waals surface area (Å²) in [6.07, 6.45) is 3.88. The third-order valence-electron chi connectivity index (χ3n) is 5.55. The van der Waals surface area contributed by atoms with Gasteiger partial charge in [0.2, 0.25) is 0 Å². The molecule has 1 aromatic heterocycles. The van der Waals surface area contributed by atoms with Crippen molar-refractivity contribution in [2.75, 3.05) is 12.9 Å². The minimum Gasteiger partial charge on any atom is -0.367 e. The van der Waals surface area contributed by atoms with Crippen LogP contribution in [-0.4, -0.2) is 43.1 Å². The molecule has 0 unspecified atom stereocenters. The zero-order valence-electron chi connectivity index (χ0n) is 18.0. The Balaban J connectivity index is 1.60. The van der Waals surface area contributed by atoms with Crippen molar-refractivity contribution in [2.45, 2.75) is 18.7 Å². The molecule has 8 heteroatoms. The number of aromatic nitrogens is 1. The summed E-state index contributed by atoms with van der Waals surface area (Å²) >= 11 is 0. The molecular weight excluding hydrogens is 443 g/mol. The molecule has 170 valence electrons. The van der Waals surface area contributed by atoms with Crippen molar-refractivity contribution in [1.29, 1.82) is 0 Å². The first-order valence-electron chi connectivity index (χ1n) is 10.4. The molecule has 0 bridgehead atoms. The van der Waals surface area contributed by atoms with Crippen molar-refractivity contribution in [3.05, 3.63) is 101 Å². The SMILES string of the molecule is CO[C@@H](C(=O)N(Cc1ccncc1)[C@H]1C=CS(=O)(=O)C1)c1ccc(-c2ccc(F)cc2)cc1. The zero-order chi connectivity index (χ0) is 23.4. The number of rotatable bonds is 7. The maximum absolute atomic E-state index is 13.6. The highest BCUT2D eigenvalue weighted by Crippen LogP contribution is 2.27. The predicted molar refractivity (Wildman–Crippen MR) is 123 cm³/mol. The molecule has 3 aromatic rings. The van der Waals surface area contributed by atoms with Gasteiger partial charge in [-0.15, -0.1) is 0 Å². The molecule has 0 aliphatic carbocycles. The van der Waals surface area contributed by atoms with Crippen molar-refractivity contribution in [3.63, 3.8) is 0 Å². The largest absolute Gasteiger partial charge is 0.367 e. The third kappa shape index (κ3) is 5.35. The average molecular weight is 467 g/mol. The summed E-state index contributed by atoms with van der Waals surface area (Å²) < 4.78 is 42.8. The standard InChI is InChI=1S/C25H23FN2O4S/c1-32-24(21-4-2-19(3-5-21)20-6-8-22(26)9-7-20)25(29)28(16-18-10-13-27-14-11-18)23-12-15-33(30,31)17-23/h2-15,23-24H,16-17H2,1H3/t23-,24+/m0/s1. The number of hydrogen-bond donors (Lipinski definition) is 0. The van der Waals surface area contributed by atoms with Crippen LogP contribution in [0.5, 0.6) is 0 Å². The minimum absolute atomic E-state index is 0.163. The van der Waals surface area contributed by atoms with E-state index in [-0.39, 0.29) is 24.0 Å². The van der Waals surface area contributed by atoms with Crippen LogP contribution in [0.2, 0.25) is 0 Å². The fraction of sp³-hybridized carbons (Fsp3) is 0.200. The van der Waals surface area contributed by atoms with Gasteiger partial charge in [0.1, 0.15) is 5.82 Å². The van der Waals surface area contributed by atoms with Crippen LogP contribution < -0.4 is 0 Å². The smallest absolute Gasteiger partial charge is 0.257 e. The Hall–Kier alpha value is -3.36. The van der Waals surface area contributed by atoms with Gasteiger partial charge in [-0.25, -0.2) is 12.8 Å². The Morgan fingerprint density at radius 2 is 1.67 bits per heavy atom. The molecule has 1 aliphatic rings. The Morgan fingerprint density at radius 3 is 2.21 bits per heavy atom. The number of sulfone groups is 1. The molecule has 0 spiro atoms. The number of hydrogen-bond acceptors (Lipinski definition) is 5. The fourth-order valence-electron chi connectivity index (χ4n) is 3.82. The first-order chi connectivity index (χ1) is 15.9. The van der Waals surface area contributed by atoms with E-state index < -0.39 is 22.0 Å². The van der Waals surface area contributed by atoms with Crippen LogP contribution in [-0.2, 0) is 25.9 Å². The van der Waals surface area contributed by atoms with Gasteiger partial charge in [0.25, 0.3) is 5.91 Å². The van der Waals surface area contributed by atoms with Gasteiger partial charge < -0.3 is 9.64 Å². The lowest BCUT2D eigenvalue weighted by atomic mass is 10.0. The number of ether oxygens (including phenoxy) is 1. The highest BCUT2D eigenvalue weighted by Gasteiger charge is 2.34. The summed E-state index contributed by atoms with van der Waals surface area (Å²) in [6, 6.07) is 16.4. The Labute approximate surface area is 192 Å². The van der Waals surface area contributed by atoms with Gasteiger partial charge in [0, 0.05) is 31.5 Å². The van der Waals surface area contributed by atoms with Crippen molar-refractivity contribution in [3.8, 4) is 11.1 Å². The van der Waals surface area contributed by atoms with E-state index >= 15 is 0 Å². The molecule has 2 heterocycles. The number of carbonyl (C=O) groups excluding carboxylic acids is 1. The van der Waals surface area contributed by atoms with Crippen LogP contribution in [0.1, 0.15) is 17.2 Å². The molecule has 0 N–H and O–H groups in total. The number of pyridine rings is 1. The first-order valence-corrected chi connectivity index (χ1v) is 12.1. The van der Waals surface area contributed by atoms with Gasteiger partial charge in [0.05, 0.1) is 11.8 Å². The maximum atomic E-state index is 13.6. The van der Waals surface area contributed by atoms with Gasteiger partial charge >= 0.3 is 0 Å². The van der Waals surface area contributed by atoms with Crippen LogP contribution in [0.4, 0.5) is 4.39 Å². The van der Waals surface area contributed by atoms with Crippen molar-refractivity contribution < 1.29 is 22.3 Å². The summed E-state index contributed by atoms with van der Waals surface area (Å²) in [4.78, 5) is 19.1. The monoisotopic (exact) mass is 466 g/mol. The van der Waals surface area contributed by atoms with E-state index in [0.717, 1.165) is 22.1 Å². The molecule has 1 amide bonds. The van der Waals surface area contributed by atoms with Gasteiger partial charge in [-0.3, -0.25) is 9.78 Å². The number of halogens is 1. The van der Waals surface area contributed by atoms with E-state index in [0.29, 0.717) is 5.56 Å². The second-order valence-corrected chi connectivity index (χ2v) is 9.72. The molecule has 2 aromatic carbocycles. The molecule has 6 nitrogen and oxygen atoms in total. The molecule has 0 radical (unpaired) electrons. The second kappa shape index (κ2) is 9.64. The maximum Gasteiger partial charge on any atom is 0.257 e. The number of methoxy groups -OCH3 is 1. The Kier molecular flexibility index (Phi) is 6.67. The lowest BCUT2D eigenvalue weighted by Crippen LogP contribution is -2.43. The molecular formula is C25H23FN2O4S. The quantitative estimate of drug-likeness (QED) is 0.528. The van der Waals surface area contributed by atoms with E-state index in [4.69, 9.17) is 4.74 Å². The first kappa shape index (κ1) is 22.8. The van der Waals surface area contributed by atoms with E-state index in [9.17, 15) is 17.6 Å². The average Bonchev–Trinajstić information content (AvgIpc) is 3.19. The highest BCUT2D eigenvalue weighted by molar-refractivity contribution is 7.94. The lowest BCUT2D eigenvalue weighted by Gasteiger charge is -2.31. The second-order valence-electron chi connectivity index (χ2n) is 7.79. The van der Waals surface area contributed by atoms with Gasteiger partial charge in [-0.2, -0.15) is 0 Å². The Bertz CT molecular complexity index is 1240. The number of amides is 1. The van der Waals surface area contributed by atoms with Crippen LogP contribution in [0.25, 0.3) is 11.1 Å². The lowest BCUT2D eigenvalue weighted by molar-refractivity contribution is -0.144. The number of carbonyl (C=O) groups is 1. The molecule has 1 aliphatic heterocycles. The zero-order valence-corrected chi connectivity index (χ0v) is 18.8. The molecule has 4 rings (SSSR count). The normalized spacial score (nSPS) is 17.6. The minimum atomic E-state index is -3.36. The van der Waals surface area contributed by atoms with Crippen molar-refractivity contribution in [2.24, 2.45) is 0 Å². The predicted octanol–water partition coefficient (Wildman–Crippen LogP) is 3.91. The molecule has 0 saturated carbocycles. The van der Waals surface area contributed by atoms with Gasteiger partial charge in [-0.1, -0.05) is 36.4 Å². The topological polar surface area (TPSA) is 76.6 Å². The summed E-state index contributed by atoms with van der Waals surface area (Å²) in [5.41, 5.74) is 3.19. The highest BCUT2D eigenvalue weighted by atomic mass is 32.2. The summed E-state index contributed by atoms with van der Waals surface area (Å²) in [7, 11) is -1.91. The van der Waals surface area contributed by atoms with Gasteiger partial charge in [-0.05, 0) is 52.6 Å². The van der Waals surface area contributed by atoms with Crippen LogP contribution in [0.3, 0.4) is 0 Å². The Morgan fingerprint density at radius 1 is 1.06 bits per heavy atom. The number of nitrogens with zero attached hydrogens (tertiary/aromatic N) is 2. The van der Waals surface area contributed by atoms with Crippen LogP contribution in [0, 0.1) is 5.82 Å². The summed E-state index contributed by atoms with van der Waals surface area (Å²) in [6.45, 7) is 0.222. The van der Waals surface area contributed by atoms with Crippen molar-refractivity contribution in [1.82, 2.24) is 9.88 Å². The molecule has 2 atom stereocenters. The van der Waals surface area contributed by atoms with E-state index in [1.54, 1.807) is 54.9 Å². The summed E-state index contributed by atoms with van der Waals surface area (Å²) in [5, 5.41) is 1.16. The van der Waals surface area contributed by atoms with Crippen LogP contribution in [0.15, 0.2) is 84.5 Å². The van der Waals surface area contributed by atoms with E-state index in [2.05, 4.69) is 4.98 Å². The molecule has 0 saturated heterocycles. The fourth-order valence-corrected chi connectivity index (χ4v) is 5.12. The van der Waals surface area contributed by atoms with Crippen LogP contribution >= 0.6 is 0 Å². The van der Waals surface area contributed by atoms with Crippen molar-refractivity contribution >= 4 is 15.7 Å². The number of benzene rings is 2. The molecule has 33 heavy (non-hydrogen) atoms. The summed E-state index contributed by atoms with van der Waals surface area (Å²) in [5.74, 6) is -0.808. The third-order valence-corrected chi connectivity index (χ3v) is 6.93. The van der Waals surface area contributed by atoms with Gasteiger partial charge in [0.15, 0.2) is 15.9 Å². The molecule has 0 fully saturated rings.